The summed E-state index contributed by atoms with van der Waals surface area (Å²) in [6.45, 7) is 4.17. The quantitative estimate of drug-likeness (QED) is 0.323. The van der Waals surface area contributed by atoms with Crippen molar-refractivity contribution in [2.24, 2.45) is 0 Å². The van der Waals surface area contributed by atoms with E-state index in [9.17, 15) is 0 Å². The van der Waals surface area contributed by atoms with Gasteiger partial charge in [-0.1, -0.05) is 17.1 Å². The number of halogens is 1. The highest BCUT2D eigenvalue weighted by Gasteiger charge is 2.22. The zero-order valence-electron chi connectivity index (χ0n) is 15.2. The number of thiol groups is 2. The third-order valence-electron chi connectivity index (χ3n) is 4.43. The van der Waals surface area contributed by atoms with Crippen molar-refractivity contribution < 1.29 is 21.7 Å². The van der Waals surface area contributed by atoms with Crippen molar-refractivity contribution in [2.75, 3.05) is 7.11 Å². The molecule has 0 radical (unpaired) electrons. The van der Waals surface area contributed by atoms with Crippen LogP contribution in [0.2, 0.25) is 0 Å². The van der Waals surface area contributed by atoms with E-state index in [2.05, 4.69) is 54.9 Å². The van der Waals surface area contributed by atoms with Crippen molar-refractivity contribution in [1.29, 1.82) is 0 Å². The lowest BCUT2D eigenvalue weighted by Gasteiger charge is -2.15. The number of aromatic nitrogens is 3. The minimum Gasteiger partial charge on any atom is -1.00 e. The molecule has 140 valence electrons. The lowest BCUT2D eigenvalue weighted by atomic mass is 10.1. The van der Waals surface area contributed by atoms with E-state index in [-0.39, 0.29) is 17.0 Å². The number of pyridine rings is 1. The van der Waals surface area contributed by atoms with Crippen molar-refractivity contribution >= 4 is 36.3 Å². The number of hydrogen-bond acceptors (Lipinski definition) is 4. The molecule has 0 saturated carbocycles. The molecule has 26 heavy (non-hydrogen) atoms. The topological polar surface area (TPSA) is 41.8 Å². The van der Waals surface area contributed by atoms with Crippen molar-refractivity contribution in [1.82, 2.24) is 9.97 Å². The molecule has 0 spiro atoms. The van der Waals surface area contributed by atoms with Crippen LogP contribution in [0, 0.1) is 13.8 Å². The highest BCUT2D eigenvalue weighted by Crippen LogP contribution is 2.25. The van der Waals surface area contributed by atoms with E-state index in [0.29, 0.717) is 0 Å². The summed E-state index contributed by atoms with van der Waals surface area (Å²) < 4.78 is 7.88. The van der Waals surface area contributed by atoms with Crippen LogP contribution in [0.3, 0.4) is 0 Å². The first-order valence-electron chi connectivity index (χ1n) is 8.41. The number of rotatable bonds is 6. The smallest absolute Gasteiger partial charge is 0.402 e. The predicted molar refractivity (Wildman–Crippen MR) is 108 cm³/mol. The standard InChI is InChI=1S/C19H23N3OS2.ClH/c1-12-11-22(19-20-14-7-4-5-8-15(14)21-19)16(9-6-10-17(24)25)13(2)18(12)23-3;/h4-5,7-8,11,17H,6,9-10H2,1-3H3,(H2-,20,21,24,25);1H. The number of fused-ring (bicyclic) bond motifs is 1. The molecule has 0 aliphatic carbocycles. The SMILES string of the molecule is COc1c(C)c[n+](-c2nc3ccccc3[nH]2)c(CCCC(S)S)c1C.[Cl-]. The lowest BCUT2D eigenvalue weighted by molar-refractivity contribution is -0.612. The number of benzene rings is 1. The third kappa shape index (κ3) is 4.30. The molecule has 1 aromatic carbocycles. The summed E-state index contributed by atoms with van der Waals surface area (Å²) in [4.78, 5) is 8.19. The maximum absolute atomic E-state index is 5.62. The Kier molecular flexibility index (Phi) is 7.26. The Bertz CT molecular complexity index is 863. The minimum atomic E-state index is 0. The van der Waals surface area contributed by atoms with Crippen LogP contribution in [-0.4, -0.2) is 21.7 Å². The summed E-state index contributed by atoms with van der Waals surface area (Å²) in [5.41, 5.74) is 5.44. The van der Waals surface area contributed by atoms with Gasteiger partial charge in [0.1, 0.15) is 11.3 Å². The number of H-pyrrole nitrogens is 1. The summed E-state index contributed by atoms with van der Waals surface area (Å²) in [5.74, 6) is 1.77. The van der Waals surface area contributed by atoms with Gasteiger partial charge in [0.15, 0.2) is 5.52 Å². The van der Waals surface area contributed by atoms with Gasteiger partial charge >= 0.3 is 5.95 Å². The number of ether oxygens (including phenoxy) is 1. The molecule has 1 N–H and O–H groups in total. The highest BCUT2D eigenvalue weighted by atomic mass is 35.5. The first-order chi connectivity index (χ1) is 12.0. The van der Waals surface area contributed by atoms with E-state index in [0.717, 1.165) is 53.1 Å². The van der Waals surface area contributed by atoms with Crippen molar-refractivity contribution in [2.45, 2.75) is 37.7 Å². The van der Waals surface area contributed by atoms with Crippen LogP contribution in [0.25, 0.3) is 17.0 Å². The van der Waals surface area contributed by atoms with Gasteiger partial charge in [0.2, 0.25) is 0 Å². The Morgan fingerprint density at radius 3 is 2.62 bits per heavy atom. The van der Waals surface area contributed by atoms with Crippen molar-refractivity contribution in [3.8, 4) is 11.7 Å². The van der Waals surface area contributed by atoms with Gasteiger partial charge in [0, 0.05) is 22.1 Å². The Labute approximate surface area is 171 Å². The van der Waals surface area contributed by atoms with Crippen LogP contribution < -0.4 is 21.7 Å². The highest BCUT2D eigenvalue weighted by molar-refractivity contribution is 7.99. The van der Waals surface area contributed by atoms with Crippen molar-refractivity contribution in [3.05, 3.63) is 47.3 Å². The van der Waals surface area contributed by atoms with E-state index >= 15 is 0 Å². The van der Waals surface area contributed by atoms with Gasteiger partial charge < -0.3 is 17.1 Å². The Morgan fingerprint density at radius 1 is 1.23 bits per heavy atom. The fourth-order valence-corrected chi connectivity index (χ4v) is 3.62. The van der Waals surface area contributed by atoms with Gasteiger partial charge in [-0.15, -0.1) is 0 Å². The van der Waals surface area contributed by atoms with Crippen LogP contribution in [0.4, 0.5) is 0 Å². The molecule has 0 saturated heterocycles. The van der Waals surface area contributed by atoms with E-state index < -0.39 is 0 Å². The molecule has 0 fully saturated rings. The fourth-order valence-electron chi connectivity index (χ4n) is 3.25. The second-order valence-electron chi connectivity index (χ2n) is 6.24. The molecule has 0 unspecified atom stereocenters. The number of nitrogens with one attached hydrogen (secondary N) is 1. The molecular formula is C19H24ClN3OS2. The Hall–Kier alpha value is -1.37. The predicted octanol–water partition coefficient (Wildman–Crippen LogP) is 0.977. The molecule has 0 aliphatic rings. The number of nitrogens with zero attached hydrogens (tertiary/aromatic N) is 2. The van der Waals surface area contributed by atoms with Gasteiger partial charge in [0.05, 0.1) is 19.0 Å². The molecule has 3 aromatic rings. The number of para-hydroxylation sites is 2. The van der Waals surface area contributed by atoms with Crippen LogP contribution in [0.1, 0.15) is 29.7 Å². The molecule has 0 atom stereocenters. The number of methoxy groups -OCH3 is 1. The molecular weight excluding hydrogens is 386 g/mol. The first-order valence-corrected chi connectivity index (χ1v) is 9.44. The summed E-state index contributed by atoms with van der Waals surface area (Å²) in [7, 11) is 1.72. The molecule has 3 rings (SSSR count). The first kappa shape index (κ1) is 20.9. The second kappa shape index (κ2) is 9.02. The van der Waals surface area contributed by atoms with Gasteiger partial charge in [0.25, 0.3) is 0 Å². The zero-order chi connectivity index (χ0) is 18.0. The van der Waals surface area contributed by atoms with Crippen LogP contribution >= 0.6 is 25.3 Å². The second-order valence-corrected chi connectivity index (χ2v) is 7.89. The number of hydrogen-bond donors (Lipinski definition) is 3. The monoisotopic (exact) mass is 409 g/mol. The van der Waals surface area contributed by atoms with Crippen LogP contribution in [0.15, 0.2) is 30.5 Å². The Balaban J connectivity index is 0.00000243. The summed E-state index contributed by atoms with van der Waals surface area (Å²) in [6.07, 6.45) is 4.96. The van der Waals surface area contributed by atoms with Crippen molar-refractivity contribution in [3.63, 3.8) is 0 Å². The Morgan fingerprint density at radius 2 is 1.96 bits per heavy atom. The van der Waals surface area contributed by atoms with Gasteiger partial charge in [-0.05, 0) is 38.8 Å². The maximum Gasteiger partial charge on any atom is 0.402 e. The summed E-state index contributed by atoms with van der Waals surface area (Å²) >= 11 is 8.74. The third-order valence-corrected chi connectivity index (χ3v) is 4.95. The minimum absolute atomic E-state index is 0. The van der Waals surface area contributed by atoms with Crippen LogP contribution in [-0.2, 0) is 6.42 Å². The number of aromatic amines is 1. The maximum atomic E-state index is 5.62. The molecule has 0 bridgehead atoms. The van der Waals surface area contributed by atoms with E-state index in [1.807, 2.05) is 24.3 Å². The molecule has 4 nitrogen and oxygen atoms in total. The largest absolute Gasteiger partial charge is 1.00 e. The molecule has 0 aliphatic heterocycles. The van der Waals surface area contributed by atoms with Gasteiger partial charge in [-0.2, -0.15) is 25.3 Å². The summed E-state index contributed by atoms with van der Waals surface area (Å²) in [5, 5.41) is 0. The van der Waals surface area contributed by atoms with E-state index in [1.165, 1.54) is 5.69 Å². The average Bonchev–Trinajstić information content (AvgIpc) is 3.00. The normalized spacial score (nSPS) is 11.0. The molecule has 0 amide bonds. The van der Waals surface area contributed by atoms with E-state index in [1.54, 1.807) is 7.11 Å². The average molecular weight is 410 g/mol. The van der Waals surface area contributed by atoms with Gasteiger partial charge in [-0.3, -0.25) is 0 Å². The number of aryl methyl sites for hydroxylation is 1. The lowest BCUT2D eigenvalue weighted by Crippen LogP contribution is -3.00. The van der Waals surface area contributed by atoms with Crippen LogP contribution in [0.5, 0.6) is 5.75 Å². The molecule has 7 heteroatoms. The number of imidazole rings is 1. The zero-order valence-corrected chi connectivity index (χ0v) is 17.7. The molecule has 2 aromatic heterocycles. The van der Waals surface area contributed by atoms with Gasteiger partial charge in [-0.25, -0.2) is 9.55 Å². The summed E-state index contributed by atoms with van der Waals surface area (Å²) in [6, 6.07) is 8.08. The fraction of sp³-hybridized carbons (Fsp3) is 0.368. The molecule has 2 heterocycles. The van der Waals surface area contributed by atoms with E-state index in [4.69, 9.17) is 9.72 Å².